The summed E-state index contributed by atoms with van der Waals surface area (Å²) in [5, 5.41) is 10.6. The average molecular weight is 530 g/mol. The van der Waals surface area contributed by atoms with E-state index in [4.69, 9.17) is 0 Å². The Labute approximate surface area is 241 Å². The number of rotatable bonds is 4. The number of fused-ring (bicyclic) bond motifs is 8. The highest BCUT2D eigenvalue weighted by molar-refractivity contribution is 6.27. The molecule has 1 unspecified atom stereocenters. The van der Waals surface area contributed by atoms with Crippen LogP contribution in [0.4, 0.5) is 0 Å². The third kappa shape index (κ3) is 3.61. The highest BCUT2D eigenvalue weighted by Crippen LogP contribution is 2.44. The summed E-state index contributed by atoms with van der Waals surface area (Å²) < 4.78 is 2.53. The quantitative estimate of drug-likeness (QED) is 0.213. The van der Waals surface area contributed by atoms with Gasteiger partial charge in [0, 0.05) is 21.5 Å². The van der Waals surface area contributed by atoms with Gasteiger partial charge in [-0.05, 0) is 105 Å². The molecule has 0 bridgehead atoms. The zero-order chi connectivity index (χ0) is 28.0. The first-order chi connectivity index (χ1) is 19.9. The number of aryl methyl sites for hydroxylation is 1. The van der Waals surface area contributed by atoms with Gasteiger partial charge in [0.1, 0.15) is 0 Å². The lowest BCUT2D eigenvalue weighted by Gasteiger charge is -2.11. The van der Waals surface area contributed by atoms with E-state index in [0.29, 0.717) is 11.8 Å². The fourth-order valence-corrected chi connectivity index (χ4v) is 6.88. The number of nitrogens with zero attached hydrogens (tertiary/aromatic N) is 1. The van der Waals surface area contributed by atoms with E-state index in [2.05, 4.69) is 136 Å². The Morgan fingerprint density at radius 2 is 1.10 bits per heavy atom. The molecule has 0 N–H and O–H groups in total. The van der Waals surface area contributed by atoms with Crippen LogP contribution in [0.15, 0.2) is 97.1 Å². The lowest BCUT2D eigenvalue weighted by Crippen LogP contribution is -1.91. The van der Waals surface area contributed by atoms with Crippen LogP contribution in [0.3, 0.4) is 0 Å². The summed E-state index contributed by atoms with van der Waals surface area (Å²) in [7, 11) is 0. The summed E-state index contributed by atoms with van der Waals surface area (Å²) in [6.45, 7) is 11.3. The first kappa shape index (κ1) is 24.4. The van der Waals surface area contributed by atoms with Gasteiger partial charge in [0.2, 0.25) is 0 Å². The van der Waals surface area contributed by atoms with Crippen molar-refractivity contribution >= 4 is 59.6 Å². The molecule has 6 aromatic carbocycles. The Bertz CT molecular complexity index is 2280. The van der Waals surface area contributed by atoms with Crippen LogP contribution in [-0.2, 0) is 0 Å². The molecule has 0 saturated carbocycles. The summed E-state index contributed by atoms with van der Waals surface area (Å²) >= 11 is 0. The van der Waals surface area contributed by atoms with Gasteiger partial charge in [-0.15, -0.1) is 0 Å². The Balaban J connectivity index is 1.52. The van der Waals surface area contributed by atoms with Crippen molar-refractivity contribution in [2.45, 2.75) is 52.9 Å². The van der Waals surface area contributed by atoms with Crippen molar-refractivity contribution in [3.05, 3.63) is 114 Å². The molecule has 2 aromatic heterocycles. The topological polar surface area (TPSA) is 4.41 Å². The second-order valence-corrected chi connectivity index (χ2v) is 12.5. The number of hydrogen-bond donors (Lipinski definition) is 0. The molecule has 0 aliphatic carbocycles. The molecule has 8 rings (SSSR count). The monoisotopic (exact) mass is 529 g/mol. The zero-order valence-electron chi connectivity index (χ0n) is 24.5. The van der Waals surface area contributed by atoms with Gasteiger partial charge in [-0.25, -0.2) is 0 Å². The molecule has 1 atom stereocenters. The normalized spacial score (nSPS) is 13.2. The van der Waals surface area contributed by atoms with E-state index in [0.717, 1.165) is 6.42 Å². The first-order valence-electron chi connectivity index (χ1n) is 15.1. The predicted octanol–water partition coefficient (Wildman–Crippen LogP) is 11.8. The van der Waals surface area contributed by atoms with Gasteiger partial charge in [0.05, 0.1) is 16.6 Å². The van der Waals surface area contributed by atoms with Crippen molar-refractivity contribution in [2.75, 3.05) is 0 Å². The van der Waals surface area contributed by atoms with Crippen molar-refractivity contribution in [1.82, 2.24) is 4.40 Å². The number of benzene rings is 6. The summed E-state index contributed by atoms with van der Waals surface area (Å²) in [5.74, 6) is 1.07. The van der Waals surface area contributed by atoms with Gasteiger partial charge in [0.25, 0.3) is 0 Å². The molecule has 200 valence electrons. The predicted molar refractivity (Wildman–Crippen MR) is 179 cm³/mol. The molecule has 41 heavy (non-hydrogen) atoms. The molecular formula is C40H35N. The lowest BCUT2D eigenvalue weighted by atomic mass is 9.94. The minimum absolute atomic E-state index is 0.510. The minimum Gasteiger partial charge on any atom is -0.308 e. The molecule has 8 aromatic rings. The van der Waals surface area contributed by atoms with Gasteiger partial charge >= 0.3 is 0 Å². The summed E-state index contributed by atoms with van der Waals surface area (Å²) in [4.78, 5) is 0. The smallest absolute Gasteiger partial charge is 0.0620 e. The van der Waals surface area contributed by atoms with E-state index in [1.54, 1.807) is 0 Å². The van der Waals surface area contributed by atoms with Gasteiger partial charge in [-0.1, -0.05) is 93.9 Å². The number of aromatic nitrogens is 1. The van der Waals surface area contributed by atoms with Crippen molar-refractivity contribution in [3.63, 3.8) is 0 Å². The highest BCUT2D eigenvalue weighted by Gasteiger charge is 2.20. The van der Waals surface area contributed by atoms with Crippen LogP contribution in [0.1, 0.15) is 62.6 Å². The third-order valence-corrected chi connectivity index (χ3v) is 9.59. The van der Waals surface area contributed by atoms with Crippen LogP contribution in [0.5, 0.6) is 0 Å². The molecular weight excluding hydrogens is 494 g/mol. The second-order valence-electron chi connectivity index (χ2n) is 12.5. The average Bonchev–Trinajstić information content (AvgIpc) is 3.48. The number of hydrogen-bond acceptors (Lipinski definition) is 0. The van der Waals surface area contributed by atoms with Crippen LogP contribution in [0, 0.1) is 6.92 Å². The van der Waals surface area contributed by atoms with Crippen molar-refractivity contribution in [3.8, 4) is 11.1 Å². The largest absolute Gasteiger partial charge is 0.308 e. The second kappa shape index (κ2) is 8.82. The fourth-order valence-electron chi connectivity index (χ4n) is 6.88. The van der Waals surface area contributed by atoms with Gasteiger partial charge in [0.15, 0.2) is 0 Å². The SMILES string of the molecule is CCC(C)c1ccc2cc3c(cc2c1)c1cc(-c2ccc(C)cc2)cc2c4cc5cc(C(C)C)ccc5cc4n3c21. The molecule has 2 heterocycles. The molecule has 0 fully saturated rings. The summed E-state index contributed by atoms with van der Waals surface area (Å²) in [6.07, 6.45) is 1.15. The molecule has 1 nitrogen and oxygen atoms in total. The Kier molecular flexibility index (Phi) is 5.26. The van der Waals surface area contributed by atoms with Crippen molar-refractivity contribution in [2.24, 2.45) is 0 Å². The van der Waals surface area contributed by atoms with E-state index in [1.165, 1.54) is 87.5 Å². The molecule has 0 aliphatic heterocycles. The Morgan fingerprint density at radius 3 is 1.66 bits per heavy atom. The van der Waals surface area contributed by atoms with Crippen LogP contribution in [0.2, 0.25) is 0 Å². The third-order valence-electron chi connectivity index (χ3n) is 9.59. The van der Waals surface area contributed by atoms with Gasteiger partial charge < -0.3 is 4.40 Å². The van der Waals surface area contributed by atoms with Crippen LogP contribution in [-0.4, -0.2) is 4.40 Å². The van der Waals surface area contributed by atoms with Crippen molar-refractivity contribution in [1.29, 1.82) is 0 Å². The zero-order valence-corrected chi connectivity index (χ0v) is 24.5. The van der Waals surface area contributed by atoms with E-state index in [9.17, 15) is 0 Å². The van der Waals surface area contributed by atoms with E-state index >= 15 is 0 Å². The van der Waals surface area contributed by atoms with Crippen LogP contribution >= 0.6 is 0 Å². The maximum absolute atomic E-state index is 2.53. The maximum Gasteiger partial charge on any atom is 0.0620 e. The molecule has 0 radical (unpaired) electrons. The van der Waals surface area contributed by atoms with E-state index in [1.807, 2.05) is 0 Å². The van der Waals surface area contributed by atoms with Gasteiger partial charge in [-0.2, -0.15) is 0 Å². The molecule has 0 spiro atoms. The standard InChI is InChI=1S/C40H35N/c1-6-25(5)28-12-14-30-22-39-35(18-32(30)16-28)37-20-33(26-9-7-24(4)8-10-26)19-36-34-17-31-15-27(23(2)3)11-13-29(31)21-38(34)41(39)40(36)37/h7-23,25H,6H2,1-5H3. The van der Waals surface area contributed by atoms with Crippen LogP contribution < -0.4 is 0 Å². The molecule has 0 aliphatic rings. The maximum atomic E-state index is 2.53. The van der Waals surface area contributed by atoms with E-state index < -0.39 is 0 Å². The van der Waals surface area contributed by atoms with Gasteiger partial charge in [-0.3, -0.25) is 0 Å². The fraction of sp³-hybridized carbons (Fsp3) is 0.200. The first-order valence-corrected chi connectivity index (χ1v) is 15.1. The van der Waals surface area contributed by atoms with Crippen LogP contribution in [0.25, 0.3) is 70.8 Å². The van der Waals surface area contributed by atoms with Crippen molar-refractivity contribution < 1.29 is 0 Å². The Morgan fingerprint density at radius 1 is 0.537 bits per heavy atom. The molecule has 0 saturated heterocycles. The molecule has 0 amide bonds. The summed E-state index contributed by atoms with van der Waals surface area (Å²) in [6, 6.07) is 37.6. The molecule has 1 heteroatoms. The lowest BCUT2D eigenvalue weighted by molar-refractivity contribution is 0.735. The Hall–Kier alpha value is -4.36. The highest BCUT2D eigenvalue weighted by atomic mass is 14.9. The minimum atomic E-state index is 0.510. The van der Waals surface area contributed by atoms with E-state index in [-0.39, 0.29) is 0 Å². The summed E-state index contributed by atoms with van der Waals surface area (Å²) in [5.41, 5.74) is 10.6.